The summed E-state index contributed by atoms with van der Waals surface area (Å²) < 4.78 is 5.72. The van der Waals surface area contributed by atoms with Crippen LogP contribution in [0.3, 0.4) is 0 Å². The first kappa shape index (κ1) is 23.3. The summed E-state index contributed by atoms with van der Waals surface area (Å²) >= 11 is 0. The van der Waals surface area contributed by atoms with Crippen LogP contribution >= 0.6 is 0 Å². The molecule has 2 aliphatic carbocycles. The van der Waals surface area contributed by atoms with Crippen molar-refractivity contribution in [3.8, 4) is 5.75 Å². The number of benzene rings is 1. The van der Waals surface area contributed by atoms with Crippen molar-refractivity contribution in [1.82, 2.24) is 4.90 Å². The van der Waals surface area contributed by atoms with Crippen molar-refractivity contribution in [2.75, 3.05) is 20.6 Å². The molecule has 1 aromatic rings. The van der Waals surface area contributed by atoms with Gasteiger partial charge in [0.1, 0.15) is 5.75 Å². The number of hydrogen-bond acceptors (Lipinski definition) is 4. The van der Waals surface area contributed by atoms with E-state index in [1.807, 2.05) is 24.3 Å². The van der Waals surface area contributed by atoms with Crippen LogP contribution in [-0.4, -0.2) is 42.2 Å². The Morgan fingerprint density at radius 3 is 2.20 bits per heavy atom. The molecule has 0 aromatic heterocycles. The zero-order chi connectivity index (χ0) is 21.7. The van der Waals surface area contributed by atoms with Gasteiger partial charge in [0.2, 0.25) is 0 Å². The molecule has 168 valence electrons. The normalized spacial score (nSPS) is 25.3. The zero-order valence-corrected chi connectivity index (χ0v) is 19.4. The first-order chi connectivity index (χ1) is 14.3. The van der Waals surface area contributed by atoms with Gasteiger partial charge < -0.3 is 14.7 Å². The number of ether oxygens (including phenoxy) is 1. The summed E-state index contributed by atoms with van der Waals surface area (Å²) in [7, 11) is 4.12. The van der Waals surface area contributed by atoms with E-state index >= 15 is 0 Å². The molecule has 0 saturated heterocycles. The Morgan fingerprint density at radius 1 is 1.07 bits per heavy atom. The van der Waals surface area contributed by atoms with E-state index in [1.54, 1.807) is 0 Å². The molecule has 2 saturated carbocycles. The molecule has 0 bridgehead atoms. The monoisotopic (exact) mass is 415 g/mol. The smallest absolute Gasteiger partial charge is 0.314 e. The summed E-state index contributed by atoms with van der Waals surface area (Å²) in [6.07, 6.45) is 9.26. The van der Waals surface area contributed by atoms with Crippen molar-refractivity contribution < 1.29 is 14.6 Å². The number of carbonyl (C=O) groups excluding carboxylic acids is 1. The fraction of sp³-hybridized carbons (Fsp3) is 0.731. The Bertz CT molecular complexity index is 668. The van der Waals surface area contributed by atoms with Gasteiger partial charge in [0.15, 0.2) is 0 Å². The molecule has 0 spiro atoms. The van der Waals surface area contributed by atoms with Gasteiger partial charge in [-0.2, -0.15) is 0 Å². The fourth-order valence-corrected chi connectivity index (χ4v) is 5.45. The lowest BCUT2D eigenvalue weighted by molar-refractivity contribution is -0.140. The maximum Gasteiger partial charge on any atom is 0.314 e. The molecular weight excluding hydrogens is 374 g/mol. The Balaban J connectivity index is 1.63. The summed E-state index contributed by atoms with van der Waals surface area (Å²) in [5.74, 6) is 2.08. The molecule has 1 atom stereocenters. The number of hydrogen-bond donors (Lipinski definition) is 1. The van der Waals surface area contributed by atoms with Gasteiger partial charge >= 0.3 is 5.97 Å². The van der Waals surface area contributed by atoms with Gasteiger partial charge in [0, 0.05) is 12.5 Å². The van der Waals surface area contributed by atoms with E-state index < -0.39 is 5.60 Å². The molecule has 2 fully saturated rings. The van der Waals surface area contributed by atoms with Gasteiger partial charge in [-0.15, -0.1) is 0 Å². The van der Waals surface area contributed by atoms with Crippen molar-refractivity contribution >= 4 is 5.97 Å². The average molecular weight is 416 g/mol. The predicted octanol–water partition coefficient (Wildman–Crippen LogP) is 5.39. The SMILES string of the molecule is CC(C)C1CCC(C(=O)Oc2ccc(C(CN(C)C)C3(O)CCCCC3)cc2)CC1. The van der Waals surface area contributed by atoms with Gasteiger partial charge in [0.25, 0.3) is 0 Å². The first-order valence-electron chi connectivity index (χ1n) is 12.0. The van der Waals surface area contributed by atoms with Crippen LogP contribution in [0.1, 0.15) is 83.1 Å². The van der Waals surface area contributed by atoms with E-state index in [9.17, 15) is 9.90 Å². The van der Waals surface area contributed by atoms with Crippen LogP contribution < -0.4 is 4.74 Å². The molecule has 0 heterocycles. The number of carbonyl (C=O) groups is 1. The Labute approximate surface area is 183 Å². The summed E-state index contributed by atoms with van der Waals surface area (Å²) in [6.45, 7) is 5.37. The highest BCUT2D eigenvalue weighted by atomic mass is 16.5. The number of nitrogens with zero attached hydrogens (tertiary/aromatic N) is 1. The molecule has 1 N–H and O–H groups in total. The molecule has 3 rings (SSSR count). The first-order valence-corrected chi connectivity index (χ1v) is 12.0. The van der Waals surface area contributed by atoms with Gasteiger partial charge in [0.05, 0.1) is 11.5 Å². The fourth-order valence-electron chi connectivity index (χ4n) is 5.45. The van der Waals surface area contributed by atoms with E-state index in [1.165, 1.54) is 6.42 Å². The standard InChI is InChI=1S/C26H41NO3/c1-19(2)20-8-10-22(11-9-20)25(28)30-23-14-12-21(13-15-23)24(18-27(3)4)26(29)16-6-5-7-17-26/h12-15,19-20,22,24,29H,5-11,16-18H2,1-4H3. The molecule has 1 unspecified atom stereocenters. The van der Waals surface area contributed by atoms with Crippen LogP contribution in [0.15, 0.2) is 24.3 Å². The van der Waals surface area contributed by atoms with E-state index in [0.717, 1.165) is 69.4 Å². The number of esters is 1. The second-order valence-corrected chi connectivity index (χ2v) is 10.3. The van der Waals surface area contributed by atoms with E-state index in [-0.39, 0.29) is 17.8 Å². The van der Waals surface area contributed by atoms with Crippen molar-refractivity contribution in [2.24, 2.45) is 17.8 Å². The third-order valence-corrected chi connectivity index (χ3v) is 7.46. The molecule has 0 radical (unpaired) electrons. The van der Waals surface area contributed by atoms with Crippen molar-refractivity contribution in [2.45, 2.75) is 83.2 Å². The number of rotatable bonds is 7. The second kappa shape index (κ2) is 10.3. The Kier molecular flexibility index (Phi) is 7.98. The van der Waals surface area contributed by atoms with Crippen molar-refractivity contribution in [3.63, 3.8) is 0 Å². The number of aliphatic hydroxyl groups is 1. The van der Waals surface area contributed by atoms with Gasteiger partial charge in [-0.3, -0.25) is 4.79 Å². The molecule has 30 heavy (non-hydrogen) atoms. The lowest BCUT2D eigenvalue weighted by Gasteiger charge is -2.40. The third-order valence-electron chi connectivity index (χ3n) is 7.46. The highest BCUT2D eigenvalue weighted by molar-refractivity contribution is 5.75. The maximum atomic E-state index is 12.6. The number of likely N-dealkylation sites (N-methyl/N-ethyl adjacent to an activating group) is 1. The summed E-state index contributed by atoms with van der Waals surface area (Å²) in [4.78, 5) is 14.8. The van der Waals surface area contributed by atoms with Crippen LogP contribution in [0, 0.1) is 17.8 Å². The van der Waals surface area contributed by atoms with Crippen molar-refractivity contribution in [3.05, 3.63) is 29.8 Å². The average Bonchev–Trinajstić information content (AvgIpc) is 2.73. The summed E-state index contributed by atoms with van der Waals surface area (Å²) in [5, 5.41) is 11.4. The van der Waals surface area contributed by atoms with E-state index in [0.29, 0.717) is 11.7 Å². The zero-order valence-electron chi connectivity index (χ0n) is 19.4. The van der Waals surface area contributed by atoms with Crippen LogP contribution in [-0.2, 0) is 4.79 Å². The Morgan fingerprint density at radius 2 is 1.67 bits per heavy atom. The molecular formula is C26H41NO3. The van der Waals surface area contributed by atoms with Gasteiger partial charge in [-0.1, -0.05) is 45.2 Å². The molecule has 0 amide bonds. The Hall–Kier alpha value is -1.39. The summed E-state index contributed by atoms with van der Waals surface area (Å²) in [5.41, 5.74) is 0.487. The lowest BCUT2D eigenvalue weighted by Crippen LogP contribution is -2.42. The van der Waals surface area contributed by atoms with Crippen LogP contribution in [0.4, 0.5) is 0 Å². The topological polar surface area (TPSA) is 49.8 Å². The quantitative estimate of drug-likeness (QED) is 0.479. The minimum atomic E-state index is -0.643. The van der Waals surface area contributed by atoms with E-state index in [2.05, 4.69) is 32.8 Å². The molecule has 2 aliphatic rings. The van der Waals surface area contributed by atoms with Gasteiger partial charge in [-0.05, 0) is 82.2 Å². The third kappa shape index (κ3) is 5.85. The van der Waals surface area contributed by atoms with Crippen LogP contribution in [0.5, 0.6) is 5.75 Å². The molecule has 0 aliphatic heterocycles. The maximum absolute atomic E-state index is 12.6. The van der Waals surface area contributed by atoms with Gasteiger partial charge in [-0.25, -0.2) is 0 Å². The second-order valence-electron chi connectivity index (χ2n) is 10.3. The highest BCUT2D eigenvalue weighted by Gasteiger charge is 2.39. The highest BCUT2D eigenvalue weighted by Crippen LogP contribution is 2.41. The molecule has 1 aromatic carbocycles. The molecule has 4 nitrogen and oxygen atoms in total. The summed E-state index contributed by atoms with van der Waals surface area (Å²) in [6, 6.07) is 7.89. The minimum absolute atomic E-state index is 0.0316. The lowest BCUT2D eigenvalue weighted by atomic mass is 9.72. The van der Waals surface area contributed by atoms with Crippen molar-refractivity contribution in [1.29, 1.82) is 0 Å². The van der Waals surface area contributed by atoms with E-state index in [4.69, 9.17) is 4.74 Å². The minimum Gasteiger partial charge on any atom is -0.426 e. The predicted molar refractivity (Wildman–Crippen MR) is 122 cm³/mol. The van der Waals surface area contributed by atoms with Crippen LogP contribution in [0.25, 0.3) is 0 Å². The largest absolute Gasteiger partial charge is 0.426 e. The molecule has 4 heteroatoms. The van der Waals surface area contributed by atoms with Crippen LogP contribution in [0.2, 0.25) is 0 Å².